The molecule has 0 saturated carbocycles. The molecule has 3 nitrogen and oxygen atoms in total. The van der Waals surface area contributed by atoms with Crippen molar-refractivity contribution in [1.82, 2.24) is 4.98 Å². The zero-order chi connectivity index (χ0) is 9.14. The van der Waals surface area contributed by atoms with Crippen LogP contribution in [0, 0.1) is 0 Å². The number of rotatable bonds is 2. The molecule has 0 radical (unpaired) electrons. The quantitative estimate of drug-likeness (QED) is 0.702. The molecule has 1 heterocycles. The molecular formula is C7H9F2N3. The number of alkyl halides is 2. The molecule has 1 aromatic heterocycles. The van der Waals surface area contributed by atoms with Gasteiger partial charge in [-0.1, -0.05) is 0 Å². The van der Waals surface area contributed by atoms with Crippen molar-refractivity contribution in [2.75, 3.05) is 5.73 Å². The van der Waals surface area contributed by atoms with Gasteiger partial charge in [0.15, 0.2) is 0 Å². The number of hydrogen-bond acceptors (Lipinski definition) is 3. The topological polar surface area (TPSA) is 64.9 Å². The first-order chi connectivity index (χ1) is 5.63. The van der Waals surface area contributed by atoms with Gasteiger partial charge in [-0.2, -0.15) is 0 Å². The summed E-state index contributed by atoms with van der Waals surface area (Å²) < 4.78 is 24.3. The molecule has 0 saturated heterocycles. The van der Waals surface area contributed by atoms with E-state index >= 15 is 0 Å². The third-order valence-electron chi connectivity index (χ3n) is 1.38. The Morgan fingerprint density at radius 2 is 2.08 bits per heavy atom. The van der Waals surface area contributed by atoms with Crippen LogP contribution in [0.4, 0.5) is 14.6 Å². The van der Waals surface area contributed by atoms with Crippen LogP contribution in [0.2, 0.25) is 0 Å². The zero-order valence-corrected chi connectivity index (χ0v) is 6.30. The number of nitrogen functional groups attached to an aromatic ring is 1. The molecule has 12 heavy (non-hydrogen) atoms. The number of anilines is 1. The van der Waals surface area contributed by atoms with Gasteiger partial charge in [-0.15, -0.1) is 0 Å². The van der Waals surface area contributed by atoms with Crippen molar-refractivity contribution >= 4 is 5.82 Å². The maximum atomic E-state index is 12.1. The van der Waals surface area contributed by atoms with Gasteiger partial charge in [-0.3, -0.25) is 0 Å². The van der Waals surface area contributed by atoms with E-state index in [4.69, 9.17) is 11.5 Å². The molecule has 1 rings (SSSR count). The van der Waals surface area contributed by atoms with Crippen LogP contribution in [0.25, 0.3) is 0 Å². The molecular weight excluding hydrogens is 164 g/mol. The molecule has 0 atom stereocenters. The standard InChI is InChI=1S/C7H9F2N3/c8-7(9)4-1-5(3-10)12-6(11)2-4/h1-2,7H,3,10H2,(H2,11,12). The van der Waals surface area contributed by atoms with Crippen molar-refractivity contribution < 1.29 is 8.78 Å². The maximum absolute atomic E-state index is 12.1. The van der Waals surface area contributed by atoms with Gasteiger partial charge >= 0.3 is 0 Å². The van der Waals surface area contributed by atoms with E-state index in [0.717, 1.165) is 6.07 Å². The van der Waals surface area contributed by atoms with E-state index in [-0.39, 0.29) is 17.9 Å². The Morgan fingerprint density at radius 3 is 2.58 bits per heavy atom. The Labute approximate surface area is 68.4 Å². The average Bonchev–Trinajstić information content (AvgIpc) is 2.03. The van der Waals surface area contributed by atoms with Crippen LogP contribution in [-0.2, 0) is 6.54 Å². The Hall–Kier alpha value is -1.23. The maximum Gasteiger partial charge on any atom is 0.264 e. The Kier molecular flexibility index (Phi) is 2.54. The SMILES string of the molecule is NCc1cc(C(F)F)cc(N)n1. The first-order valence-electron chi connectivity index (χ1n) is 3.38. The Morgan fingerprint density at radius 1 is 1.42 bits per heavy atom. The second-order valence-electron chi connectivity index (χ2n) is 2.32. The minimum absolute atomic E-state index is 0.0771. The van der Waals surface area contributed by atoms with E-state index in [1.54, 1.807) is 0 Å². The predicted octanol–water partition coefficient (Wildman–Crippen LogP) is 1.06. The van der Waals surface area contributed by atoms with Crippen molar-refractivity contribution in [3.05, 3.63) is 23.4 Å². The summed E-state index contributed by atoms with van der Waals surface area (Å²) in [5, 5.41) is 0. The van der Waals surface area contributed by atoms with Crippen LogP contribution in [0.15, 0.2) is 12.1 Å². The highest BCUT2D eigenvalue weighted by Gasteiger charge is 2.08. The summed E-state index contributed by atoms with van der Waals surface area (Å²) in [6.07, 6.45) is -2.53. The van der Waals surface area contributed by atoms with Gasteiger partial charge in [-0.25, -0.2) is 13.8 Å². The molecule has 0 aliphatic heterocycles. The molecule has 0 aromatic carbocycles. The molecule has 0 amide bonds. The normalized spacial score (nSPS) is 10.7. The van der Waals surface area contributed by atoms with Crippen molar-refractivity contribution in [3.8, 4) is 0 Å². The smallest absolute Gasteiger partial charge is 0.264 e. The minimum Gasteiger partial charge on any atom is -0.384 e. The fourth-order valence-electron chi connectivity index (χ4n) is 0.866. The van der Waals surface area contributed by atoms with E-state index in [1.807, 2.05) is 0 Å². The second kappa shape index (κ2) is 3.44. The summed E-state index contributed by atoms with van der Waals surface area (Å²) >= 11 is 0. The summed E-state index contributed by atoms with van der Waals surface area (Å²) in [6, 6.07) is 2.39. The highest BCUT2D eigenvalue weighted by molar-refractivity contribution is 5.35. The lowest BCUT2D eigenvalue weighted by Crippen LogP contribution is -2.03. The molecule has 66 valence electrons. The first kappa shape index (κ1) is 8.86. The lowest BCUT2D eigenvalue weighted by molar-refractivity contribution is 0.151. The highest BCUT2D eigenvalue weighted by Crippen LogP contribution is 2.20. The second-order valence-corrected chi connectivity index (χ2v) is 2.32. The van der Waals surface area contributed by atoms with Crippen molar-refractivity contribution in [3.63, 3.8) is 0 Å². The fraction of sp³-hybridized carbons (Fsp3) is 0.286. The number of hydrogen-bond donors (Lipinski definition) is 2. The number of aromatic nitrogens is 1. The van der Waals surface area contributed by atoms with Crippen LogP contribution in [0.5, 0.6) is 0 Å². The molecule has 0 bridgehead atoms. The van der Waals surface area contributed by atoms with Crippen LogP contribution < -0.4 is 11.5 Å². The molecule has 0 unspecified atom stereocenters. The van der Waals surface area contributed by atoms with Gasteiger partial charge < -0.3 is 11.5 Å². The van der Waals surface area contributed by atoms with Gasteiger partial charge in [0.1, 0.15) is 5.82 Å². The number of halogens is 2. The summed E-state index contributed by atoms with van der Waals surface area (Å²) in [7, 11) is 0. The van der Waals surface area contributed by atoms with Crippen LogP contribution in [-0.4, -0.2) is 4.98 Å². The third-order valence-corrected chi connectivity index (χ3v) is 1.38. The average molecular weight is 173 g/mol. The highest BCUT2D eigenvalue weighted by atomic mass is 19.3. The number of nitrogens with zero attached hydrogens (tertiary/aromatic N) is 1. The molecule has 0 spiro atoms. The monoisotopic (exact) mass is 173 g/mol. The molecule has 0 aliphatic rings. The zero-order valence-electron chi connectivity index (χ0n) is 6.30. The largest absolute Gasteiger partial charge is 0.384 e. The molecule has 1 aromatic rings. The van der Waals surface area contributed by atoms with Crippen LogP contribution >= 0.6 is 0 Å². The van der Waals surface area contributed by atoms with Crippen LogP contribution in [0.1, 0.15) is 17.7 Å². The van der Waals surface area contributed by atoms with E-state index in [9.17, 15) is 8.78 Å². The van der Waals surface area contributed by atoms with Gasteiger partial charge in [0.25, 0.3) is 6.43 Å². The van der Waals surface area contributed by atoms with E-state index in [2.05, 4.69) is 4.98 Å². The molecule has 0 fully saturated rings. The fourth-order valence-corrected chi connectivity index (χ4v) is 0.866. The summed E-state index contributed by atoms with van der Waals surface area (Å²) in [4.78, 5) is 3.75. The van der Waals surface area contributed by atoms with Gasteiger partial charge in [0, 0.05) is 12.1 Å². The summed E-state index contributed by atoms with van der Waals surface area (Å²) in [6.45, 7) is 0.116. The lowest BCUT2D eigenvalue weighted by atomic mass is 10.2. The van der Waals surface area contributed by atoms with E-state index < -0.39 is 6.43 Å². The number of pyridine rings is 1. The van der Waals surface area contributed by atoms with Crippen molar-refractivity contribution in [2.45, 2.75) is 13.0 Å². The van der Waals surface area contributed by atoms with Crippen LogP contribution in [0.3, 0.4) is 0 Å². The van der Waals surface area contributed by atoms with Crippen molar-refractivity contribution in [2.24, 2.45) is 5.73 Å². The summed E-state index contributed by atoms with van der Waals surface area (Å²) in [5.74, 6) is 0.0771. The predicted molar refractivity (Wildman–Crippen MR) is 41.5 cm³/mol. The molecule has 4 N–H and O–H groups in total. The van der Waals surface area contributed by atoms with Gasteiger partial charge in [0.2, 0.25) is 0 Å². The Bertz CT molecular complexity index is 275. The summed E-state index contributed by atoms with van der Waals surface area (Å²) in [5.41, 5.74) is 10.7. The molecule has 5 heteroatoms. The molecule has 0 aliphatic carbocycles. The Balaban J connectivity index is 3.06. The number of nitrogens with two attached hydrogens (primary N) is 2. The van der Waals surface area contributed by atoms with Crippen molar-refractivity contribution in [1.29, 1.82) is 0 Å². The third kappa shape index (κ3) is 1.88. The lowest BCUT2D eigenvalue weighted by Gasteiger charge is -2.03. The van der Waals surface area contributed by atoms with Gasteiger partial charge in [0.05, 0.1) is 5.69 Å². The van der Waals surface area contributed by atoms with E-state index in [1.165, 1.54) is 6.07 Å². The minimum atomic E-state index is -2.53. The van der Waals surface area contributed by atoms with E-state index in [0.29, 0.717) is 5.69 Å². The van der Waals surface area contributed by atoms with Gasteiger partial charge in [-0.05, 0) is 12.1 Å². The first-order valence-corrected chi connectivity index (χ1v) is 3.38.